The zero-order chi connectivity index (χ0) is 18.6. The molecule has 138 valence electrons. The number of likely N-dealkylation sites (tertiary alicyclic amines) is 1. The van der Waals surface area contributed by atoms with Crippen LogP contribution in [0.25, 0.3) is 0 Å². The summed E-state index contributed by atoms with van der Waals surface area (Å²) in [6, 6.07) is 5.42. The molecule has 25 heavy (non-hydrogen) atoms. The number of halogens is 4. The zero-order valence-corrected chi connectivity index (χ0v) is 13.1. The van der Waals surface area contributed by atoms with Gasteiger partial charge in [0.05, 0.1) is 18.4 Å². The molecule has 0 unspecified atom stereocenters. The van der Waals surface area contributed by atoms with E-state index in [1.54, 1.807) is 0 Å². The highest BCUT2D eigenvalue weighted by molar-refractivity contribution is 5.79. The van der Waals surface area contributed by atoms with E-state index >= 15 is 0 Å². The maximum Gasteiger partial charge on any atom is 0.394 e. The number of nitrogens with zero attached hydrogens (tertiary/aromatic N) is 1. The Morgan fingerprint density at radius 3 is 2.56 bits per heavy atom. The predicted octanol–water partition coefficient (Wildman–Crippen LogP) is 2.71. The van der Waals surface area contributed by atoms with Crippen LogP contribution in [0, 0.1) is 17.7 Å². The summed E-state index contributed by atoms with van der Waals surface area (Å²) < 4.78 is 56.9. The van der Waals surface area contributed by atoms with E-state index in [0.717, 1.165) is 4.90 Å². The molecule has 2 rings (SSSR count). The van der Waals surface area contributed by atoms with E-state index in [1.165, 1.54) is 24.3 Å². The van der Waals surface area contributed by atoms with Crippen LogP contribution < -0.4 is 4.74 Å². The number of carbonyl (C=O) groups is 2. The van der Waals surface area contributed by atoms with Gasteiger partial charge in [0.25, 0.3) is 0 Å². The number of rotatable bonds is 6. The Morgan fingerprint density at radius 1 is 1.28 bits per heavy atom. The van der Waals surface area contributed by atoms with Gasteiger partial charge >= 0.3 is 12.1 Å². The molecule has 9 heteroatoms. The Bertz CT molecular complexity index is 635. The quantitative estimate of drug-likeness (QED) is 0.623. The molecular weight excluding hydrogens is 346 g/mol. The molecule has 0 aromatic heterocycles. The summed E-state index contributed by atoms with van der Waals surface area (Å²) in [5.41, 5.74) is 0. The lowest BCUT2D eigenvalue weighted by molar-refractivity contribution is -0.188. The molecule has 1 heterocycles. The van der Waals surface area contributed by atoms with Crippen LogP contribution in [-0.4, -0.2) is 47.8 Å². The molecule has 1 fully saturated rings. The molecular formula is C16H17F4NO4. The van der Waals surface area contributed by atoms with Gasteiger partial charge in [-0.3, -0.25) is 9.59 Å². The first kappa shape index (κ1) is 19.0. The highest BCUT2D eigenvalue weighted by atomic mass is 19.4. The Kier molecular flexibility index (Phi) is 5.86. The second kappa shape index (κ2) is 7.71. The first-order chi connectivity index (χ1) is 11.7. The number of hydrogen-bond acceptors (Lipinski definition) is 3. The fourth-order valence-electron chi connectivity index (χ4n) is 2.72. The molecule has 0 aliphatic carbocycles. The third-order valence-electron chi connectivity index (χ3n) is 4.01. The average Bonchev–Trinajstić information content (AvgIpc) is 2.97. The van der Waals surface area contributed by atoms with Crippen molar-refractivity contribution in [3.05, 3.63) is 30.1 Å². The lowest BCUT2D eigenvalue weighted by atomic mass is 9.96. The van der Waals surface area contributed by atoms with Crippen LogP contribution in [0.2, 0.25) is 0 Å². The van der Waals surface area contributed by atoms with Crippen molar-refractivity contribution in [1.29, 1.82) is 0 Å². The number of benzene rings is 1. The predicted molar refractivity (Wildman–Crippen MR) is 78.4 cm³/mol. The van der Waals surface area contributed by atoms with Crippen LogP contribution >= 0.6 is 0 Å². The van der Waals surface area contributed by atoms with Crippen LogP contribution in [0.4, 0.5) is 17.6 Å². The Balaban J connectivity index is 1.82. The molecule has 0 saturated carbocycles. The lowest BCUT2D eigenvalue weighted by Gasteiger charge is -2.18. The van der Waals surface area contributed by atoms with Crippen LogP contribution in [0.15, 0.2) is 24.3 Å². The van der Waals surface area contributed by atoms with Gasteiger partial charge in [0, 0.05) is 25.6 Å². The standard InChI is InChI=1S/C16H17F4NO4/c17-10-3-1-4-11(7-10)25-6-2-5-14(22)21-8-12(15(23)24)13(9-21)16(18,19)20/h1,3-4,7,12-13H,2,5-6,8-9H2,(H,23,24)/t12-,13-/m1/s1. The summed E-state index contributed by atoms with van der Waals surface area (Å²) in [6.07, 6.45) is -4.52. The van der Waals surface area contributed by atoms with Gasteiger partial charge in [0.15, 0.2) is 0 Å². The molecule has 1 aliphatic rings. The van der Waals surface area contributed by atoms with E-state index in [0.29, 0.717) is 0 Å². The summed E-state index contributed by atoms with van der Waals surface area (Å²) >= 11 is 0. The van der Waals surface area contributed by atoms with E-state index < -0.39 is 48.8 Å². The van der Waals surface area contributed by atoms with Crippen molar-refractivity contribution < 1.29 is 37.0 Å². The molecule has 0 radical (unpaired) electrons. The van der Waals surface area contributed by atoms with Crippen molar-refractivity contribution in [2.75, 3.05) is 19.7 Å². The first-order valence-corrected chi connectivity index (χ1v) is 7.64. The van der Waals surface area contributed by atoms with E-state index in [4.69, 9.17) is 9.84 Å². The highest BCUT2D eigenvalue weighted by Crippen LogP contribution is 2.37. The molecule has 0 bridgehead atoms. The molecule has 1 aromatic rings. The summed E-state index contributed by atoms with van der Waals surface area (Å²) in [6.45, 7) is -1.01. The van der Waals surface area contributed by atoms with Crippen molar-refractivity contribution in [2.45, 2.75) is 19.0 Å². The number of carboxylic acids is 1. The summed E-state index contributed by atoms with van der Waals surface area (Å²) in [5, 5.41) is 8.92. The fourth-order valence-corrected chi connectivity index (χ4v) is 2.72. The number of ether oxygens (including phenoxy) is 1. The molecule has 1 N–H and O–H groups in total. The second-order valence-electron chi connectivity index (χ2n) is 5.80. The highest BCUT2D eigenvalue weighted by Gasteiger charge is 2.53. The second-order valence-corrected chi connectivity index (χ2v) is 5.80. The largest absolute Gasteiger partial charge is 0.493 e. The lowest BCUT2D eigenvalue weighted by Crippen LogP contribution is -2.34. The third kappa shape index (κ3) is 5.07. The number of amides is 1. The van der Waals surface area contributed by atoms with Gasteiger partial charge in [-0.1, -0.05) is 6.07 Å². The molecule has 0 spiro atoms. The van der Waals surface area contributed by atoms with Gasteiger partial charge < -0.3 is 14.7 Å². The monoisotopic (exact) mass is 363 g/mol. The molecule has 1 aromatic carbocycles. The minimum Gasteiger partial charge on any atom is -0.493 e. The van der Waals surface area contributed by atoms with Crippen molar-refractivity contribution in [3.63, 3.8) is 0 Å². The van der Waals surface area contributed by atoms with Gasteiger partial charge in [-0.25, -0.2) is 4.39 Å². The number of carbonyl (C=O) groups excluding carboxylic acids is 1. The third-order valence-corrected chi connectivity index (χ3v) is 4.01. The number of alkyl halides is 3. The number of hydrogen-bond donors (Lipinski definition) is 1. The maximum atomic E-state index is 13.0. The van der Waals surface area contributed by atoms with E-state index in [-0.39, 0.29) is 25.2 Å². The summed E-state index contributed by atoms with van der Waals surface area (Å²) in [5.74, 6) is -6.00. The Labute approximate surface area is 141 Å². The molecule has 1 aliphatic heterocycles. The van der Waals surface area contributed by atoms with Crippen LogP contribution in [0.5, 0.6) is 5.75 Å². The summed E-state index contributed by atoms with van der Waals surface area (Å²) in [4.78, 5) is 23.9. The van der Waals surface area contributed by atoms with Crippen molar-refractivity contribution in [1.82, 2.24) is 4.90 Å². The van der Waals surface area contributed by atoms with Gasteiger partial charge in [-0.05, 0) is 18.6 Å². The Morgan fingerprint density at radius 2 is 2.00 bits per heavy atom. The number of aliphatic carboxylic acids is 1. The topological polar surface area (TPSA) is 66.8 Å². The average molecular weight is 363 g/mol. The zero-order valence-electron chi connectivity index (χ0n) is 13.1. The SMILES string of the molecule is O=C(O)[C@@H]1CN(C(=O)CCCOc2cccc(F)c2)C[C@H]1C(F)(F)F. The minimum absolute atomic E-state index is 0.0772. The molecule has 5 nitrogen and oxygen atoms in total. The van der Waals surface area contributed by atoms with Crippen molar-refractivity contribution in [3.8, 4) is 5.75 Å². The van der Waals surface area contributed by atoms with Crippen molar-refractivity contribution >= 4 is 11.9 Å². The van der Waals surface area contributed by atoms with Crippen molar-refractivity contribution in [2.24, 2.45) is 11.8 Å². The van der Waals surface area contributed by atoms with E-state index in [1.807, 2.05) is 0 Å². The molecule has 1 amide bonds. The Hall–Kier alpha value is -2.32. The van der Waals surface area contributed by atoms with E-state index in [9.17, 15) is 27.2 Å². The molecule has 2 atom stereocenters. The smallest absolute Gasteiger partial charge is 0.394 e. The van der Waals surface area contributed by atoms with Gasteiger partial charge in [0.2, 0.25) is 5.91 Å². The normalized spacial score (nSPS) is 20.6. The van der Waals surface area contributed by atoms with E-state index in [2.05, 4.69) is 0 Å². The number of carboxylic acid groups (broad SMARTS) is 1. The molecule has 1 saturated heterocycles. The fraction of sp³-hybridized carbons (Fsp3) is 0.500. The van der Waals surface area contributed by atoms with Gasteiger partial charge in [0.1, 0.15) is 11.6 Å². The van der Waals surface area contributed by atoms with Gasteiger partial charge in [-0.2, -0.15) is 13.2 Å². The van der Waals surface area contributed by atoms with Crippen LogP contribution in [0.1, 0.15) is 12.8 Å². The van der Waals surface area contributed by atoms with Crippen LogP contribution in [-0.2, 0) is 9.59 Å². The first-order valence-electron chi connectivity index (χ1n) is 7.64. The minimum atomic E-state index is -4.67. The van der Waals surface area contributed by atoms with Crippen LogP contribution in [0.3, 0.4) is 0 Å². The van der Waals surface area contributed by atoms with Gasteiger partial charge in [-0.15, -0.1) is 0 Å². The maximum absolute atomic E-state index is 13.0. The summed E-state index contributed by atoms with van der Waals surface area (Å²) in [7, 11) is 0.